The summed E-state index contributed by atoms with van der Waals surface area (Å²) in [4.78, 5) is 42.7. The number of carbonyl (C=O) groups excluding carboxylic acids is 3. The summed E-state index contributed by atoms with van der Waals surface area (Å²) in [6.07, 6.45) is 2.93. The van der Waals surface area contributed by atoms with E-state index in [4.69, 9.17) is 0 Å². The number of fused-ring (bicyclic) bond motifs is 1. The summed E-state index contributed by atoms with van der Waals surface area (Å²) in [5, 5.41) is 10.1. The monoisotopic (exact) mass is 415 g/mol. The molecule has 1 saturated carbocycles. The number of imide groups is 1. The molecule has 2 aliphatic rings. The number of aromatic amines is 1. The highest BCUT2D eigenvalue weighted by Gasteiger charge is 2.34. The molecule has 3 amide bonds. The maximum atomic E-state index is 12.4. The first-order valence-electron chi connectivity index (χ1n) is 10.4. The first-order chi connectivity index (χ1) is 15.1. The standard InChI is InChI=1S/C23H21N5O3/c29-19(6-3-13-28-22(30)17-4-1-2-5-18(17)23(28)31)24-16-11-9-15(10-12-16)21-25-20(26-27-21)14-7-8-14/h1-2,4-5,9-12,14H,3,6-8,13H2,(H,24,29)(H,25,26,27). The molecular formula is C23H21N5O3. The third kappa shape index (κ3) is 3.84. The smallest absolute Gasteiger partial charge is 0.261 e. The van der Waals surface area contributed by atoms with Crippen LogP contribution in [0.3, 0.4) is 0 Å². The molecule has 5 rings (SSSR count). The fraction of sp³-hybridized carbons (Fsp3) is 0.261. The third-order valence-corrected chi connectivity index (χ3v) is 5.56. The summed E-state index contributed by atoms with van der Waals surface area (Å²) < 4.78 is 0. The average molecular weight is 415 g/mol. The molecule has 2 aromatic carbocycles. The number of H-pyrrole nitrogens is 1. The lowest BCUT2D eigenvalue weighted by Crippen LogP contribution is -2.31. The van der Waals surface area contributed by atoms with Gasteiger partial charge in [0.2, 0.25) is 5.91 Å². The zero-order valence-corrected chi connectivity index (χ0v) is 16.8. The van der Waals surface area contributed by atoms with Gasteiger partial charge in [0.1, 0.15) is 5.82 Å². The van der Waals surface area contributed by atoms with Crippen LogP contribution in [-0.4, -0.2) is 44.3 Å². The van der Waals surface area contributed by atoms with E-state index in [0.717, 1.165) is 24.2 Å². The van der Waals surface area contributed by atoms with E-state index in [-0.39, 0.29) is 30.7 Å². The van der Waals surface area contributed by atoms with Crippen LogP contribution in [0, 0.1) is 0 Å². The molecular weight excluding hydrogens is 394 g/mol. The van der Waals surface area contributed by atoms with Crippen molar-refractivity contribution in [2.45, 2.75) is 31.6 Å². The Morgan fingerprint density at radius 2 is 1.71 bits per heavy atom. The first kappa shape index (κ1) is 19.2. The van der Waals surface area contributed by atoms with E-state index in [1.54, 1.807) is 24.3 Å². The predicted octanol–water partition coefficient (Wildman–Crippen LogP) is 3.36. The minimum Gasteiger partial charge on any atom is -0.326 e. The van der Waals surface area contributed by atoms with Gasteiger partial charge in [-0.05, 0) is 55.7 Å². The second-order valence-corrected chi connectivity index (χ2v) is 7.86. The van der Waals surface area contributed by atoms with Crippen molar-refractivity contribution in [3.05, 3.63) is 65.5 Å². The van der Waals surface area contributed by atoms with Gasteiger partial charge in [0.05, 0.1) is 11.1 Å². The van der Waals surface area contributed by atoms with Gasteiger partial charge < -0.3 is 5.32 Å². The van der Waals surface area contributed by atoms with Crippen molar-refractivity contribution in [1.29, 1.82) is 0 Å². The molecule has 1 fully saturated rings. The summed E-state index contributed by atoms with van der Waals surface area (Å²) in [5.41, 5.74) is 2.40. The number of carbonyl (C=O) groups is 3. The molecule has 3 aromatic rings. The van der Waals surface area contributed by atoms with Crippen LogP contribution < -0.4 is 5.32 Å². The summed E-state index contributed by atoms with van der Waals surface area (Å²) in [6.45, 7) is 0.215. The molecule has 8 heteroatoms. The molecule has 2 heterocycles. The van der Waals surface area contributed by atoms with E-state index in [9.17, 15) is 14.4 Å². The Balaban J connectivity index is 1.12. The zero-order valence-electron chi connectivity index (χ0n) is 16.8. The molecule has 0 spiro atoms. The normalized spacial score (nSPS) is 15.3. The number of rotatable bonds is 7. The second kappa shape index (κ2) is 7.79. The lowest BCUT2D eigenvalue weighted by molar-refractivity contribution is -0.116. The highest BCUT2D eigenvalue weighted by molar-refractivity contribution is 6.21. The fourth-order valence-corrected chi connectivity index (χ4v) is 3.71. The summed E-state index contributed by atoms with van der Waals surface area (Å²) >= 11 is 0. The molecule has 1 aliphatic heterocycles. The highest BCUT2D eigenvalue weighted by Crippen LogP contribution is 2.38. The van der Waals surface area contributed by atoms with Crippen LogP contribution >= 0.6 is 0 Å². The van der Waals surface area contributed by atoms with Crippen LogP contribution in [0.25, 0.3) is 11.4 Å². The van der Waals surface area contributed by atoms with Crippen LogP contribution in [-0.2, 0) is 4.79 Å². The van der Waals surface area contributed by atoms with Gasteiger partial charge in [0, 0.05) is 30.1 Å². The minimum absolute atomic E-state index is 0.168. The molecule has 31 heavy (non-hydrogen) atoms. The molecule has 0 bridgehead atoms. The minimum atomic E-state index is -0.298. The van der Waals surface area contributed by atoms with Crippen molar-refractivity contribution in [1.82, 2.24) is 20.1 Å². The largest absolute Gasteiger partial charge is 0.326 e. The Morgan fingerprint density at radius 3 is 2.35 bits per heavy atom. The third-order valence-electron chi connectivity index (χ3n) is 5.56. The van der Waals surface area contributed by atoms with Crippen LogP contribution in [0.15, 0.2) is 48.5 Å². The maximum Gasteiger partial charge on any atom is 0.261 e. The number of anilines is 1. The molecule has 0 atom stereocenters. The predicted molar refractivity (Wildman–Crippen MR) is 113 cm³/mol. The Hall–Kier alpha value is -3.81. The first-order valence-corrected chi connectivity index (χ1v) is 10.4. The van der Waals surface area contributed by atoms with Crippen molar-refractivity contribution in [2.75, 3.05) is 11.9 Å². The SMILES string of the molecule is O=C(CCCN1C(=O)c2ccccc2C1=O)Nc1ccc(-c2n[nH]c(C3CC3)n2)cc1. The number of nitrogens with one attached hydrogen (secondary N) is 2. The number of aromatic nitrogens is 3. The van der Waals surface area contributed by atoms with Gasteiger partial charge >= 0.3 is 0 Å². The topological polar surface area (TPSA) is 108 Å². The van der Waals surface area contributed by atoms with Crippen molar-refractivity contribution in [2.24, 2.45) is 0 Å². The lowest BCUT2D eigenvalue weighted by Gasteiger charge is -2.13. The van der Waals surface area contributed by atoms with Gasteiger partial charge in [-0.25, -0.2) is 4.98 Å². The second-order valence-electron chi connectivity index (χ2n) is 7.86. The highest BCUT2D eigenvalue weighted by atomic mass is 16.2. The van der Waals surface area contributed by atoms with E-state index >= 15 is 0 Å². The quantitative estimate of drug-likeness (QED) is 0.575. The summed E-state index contributed by atoms with van der Waals surface area (Å²) in [6, 6.07) is 14.1. The fourth-order valence-electron chi connectivity index (χ4n) is 3.71. The van der Waals surface area contributed by atoms with Crippen LogP contribution in [0.5, 0.6) is 0 Å². The van der Waals surface area contributed by atoms with Crippen LogP contribution in [0.4, 0.5) is 5.69 Å². The van der Waals surface area contributed by atoms with E-state index in [2.05, 4.69) is 20.5 Å². The van der Waals surface area contributed by atoms with Gasteiger partial charge in [-0.3, -0.25) is 24.4 Å². The van der Waals surface area contributed by atoms with Crippen molar-refractivity contribution < 1.29 is 14.4 Å². The summed E-state index contributed by atoms with van der Waals surface area (Å²) in [5.74, 6) is 1.34. The van der Waals surface area contributed by atoms with Crippen LogP contribution in [0.2, 0.25) is 0 Å². The molecule has 1 aromatic heterocycles. The molecule has 0 radical (unpaired) electrons. The van der Waals surface area contributed by atoms with E-state index in [1.165, 1.54) is 4.90 Å². The molecule has 1 aliphatic carbocycles. The van der Waals surface area contributed by atoms with Gasteiger partial charge in [-0.15, -0.1) is 0 Å². The van der Waals surface area contributed by atoms with Crippen molar-refractivity contribution in [3.63, 3.8) is 0 Å². The van der Waals surface area contributed by atoms with Crippen molar-refractivity contribution in [3.8, 4) is 11.4 Å². The Morgan fingerprint density at radius 1 is 1.03 bits per heavy atom. The van der Waals surface area contributed by atoms with E-state index in [1.807, 2.05) is 24.3 Å². The van der Waals surface area contributed by atoms with Gasteiger partial charge in [0.15, 0.2) is 5.82 Å². The van der Waals surface area contributed by atoms with Gasteiger partial charge in [0.25, 0.3) is 11.8 Å². The van der Waals surface area contributed by atoms with Crippen molar-refractivity contribution >= 4 is 23.4 Å². The molecule has 2 N–H and O–H groups in total. The van der Waals surface area contributed by atoms with Gasteiger partial charge in [-0.1, -0.05) is 12.1 Å². The van der Waals surface area contributed by atoms with E-state index < -0.39 is 0 Å². The zero-order chi connectivity index (χ0) is 21.4. The summed E-state index contributed by atoms with van der Waals surface area (Å²) in [7, 11) is 0. The Labute approximate surface area is 178 Å². The maximum absolute atomic E-state index is 12.4. The van der Waals surface area contributed by atoms with Crippen LogP contribution in [0.1, 0.15) is 58.1 Å². The average Bonchev–Trinajstić information content (AvgIpc) is 3.47. The van der Waals surface area contributed by atoms with Gasteiger partial charge in [-0.2, -0.15) is 5.10 Å². The molecule has 0 unspecified atom stereocenters. The number of nitrogens with zero attached hydrogens (tertiary/aromatic N) is 3. The Bertz CT molecular complexity index is 1130. The molecule has 0 saturated heterocycles. The Kier molecular flexibility index (Phi) is 4.82. The number of hydrogen-bond donors (Lipinski definition) is 2. The molecule has 156 valence electrons. The molecule has 8 nitrogen and oxygen atoms in total. The lowest BCUT2D eigenvalue weighted by atomic mass is 10.1. The number of amides is 3. The number of benzene rings is 2. The van der Waals surface area contributed by atoms with E-state index in [0.29, 0.717) is 35.0 Å². The number of hydrogen-bond acceptors (Lipinski definition) is 5.